The average Bonchev–Trinajstić information content (AvgIpc) is 2.43. The molecule has 0 bridgehead atoms. The highest BCUT2D eigenvalue weighted by atomic mass is 16.5. The highest BCUT2D eigenvalue weighted by Crippen LogP contribution is 2.07. The summed E-state index contributed by atoms with van der Waals surface area (Å²) in [6.45, 7) is 0. The standard InChI is InChI=1S/C7H11N3O3/c1-10-5(3-4-6(11)12)8-9-7(10)13-2/h3-4H2,1-2H3,(H,11,12). The van der Waals surface area contributed by atoms with Gasteiger partial charge in [0.25, 0.3) is 0 Å². The van der Waals surface area contributed by atoms with Crippen molar-refractivity contribution in [2.45, 2.75) is 12.8 Å². The molecule has 1 aromatic heterocycles. The zero-order chi connectivity index (χ0) is 9.84. The lowest BCUT2D eigenvalue weighted by atomic mass is 10.3. The molecule has 1 aromatic rings. The van der Waals surface area contributed by atoms with Gasteiger partial charge < -0.3 is 9.84 Å². The first kappa shape index (κ1) is 9.50. The first-order chi connectivity index (χ1) is 6.15. The monoisotopic (exact) mass is 185 g/mol. The molecule has 1 heterocycles. The van der Waals surface area contributed by atoms with Gasteiger partial charge in [0.15, 0.2) is 0 Å². The van der Waals surface area contributed by atoms with E-state index in [0.717, 1.165) is 0 Å². The van der Waals surface area contributed by atoms with Crippen LogP contribution in [-0.2, 0) is 18.3 Å². The van der Waals surface area contributed by atoms with Crippen LogP contribution in [0.4, 0.5) is 0 Å². The van der Waals surface area contributed by atoms with E-state index in [1.165, 1.54) is 7.11 Å². The van der Waals surface area contributed by atoms with Gasteiger partial charge >= 0.3 is 12.0 Å². The highest BCUT2D eigenvalue weighted by molar-refractivity contribution is 5.66. The number of aromatic nitrogens is 3. The molecule has 0 radical (unpaired) electrons. The van der Waals surface area contributed by atoms with Crippen molar-refractivity contribution in [2.24, 2.45) is 7.05 Å². The molecule has 6 heteroatoms. The second kappa shape index (κ2) is 3.88. The van der Waals surface area contributed by atoms with Gasteiger partial charge in [0.05, 0.1) is 13.5 Å². The molecule has 0 aliphatic heterocycles. The quantitative estimate of drug-likeness (QED) is 0.705. The summed E-state index contributed by atoms with van der Waals surface area (Å²) in [6.07, 6.45) is 0.415. The lowest BCUT2D eigenvalue weighted by Crippen LogP contribution is -2.04. The van der Waals surface area contributed by atoms with Crippen molar-refractivity contribution in [3.8, 4) is 6.01 Å². The Morgan fingerprint density at radius 3 is 2.77 bits per heavy atom. The summed E-state index contributed by atoms with van der Waals surface area (Å²) >= 11 is 0. The Bertz CT molecular complexity index is 308. The summed E-state index contributed by atoms with van der Waals surface area (Å²) in [5.74, 6) is -0.235. The van der Waals surface area contributed by atoms with Gasteiger partial charge in [0.1, 0.15) is 5.82 Å². The maximum atomic E-state index is 10.3. The van der Waals surface area contributed by atoms with E-state index in [-0.39, 0.29) is 6.42 Å². The number of carbonyl (C=O) groups is 1. The topological polar surface area (TPSA) is 77.2 Å². The molecule has 1 N–H and O–H groups in total. The minimum atomic E-state index is -0.845. The van der Waals surface area contributed by atoms with Gasteiger partial charge in [0.2, 0.25) is 0 Å². The first-order valence-corrected chi connectivity index (χ1v) is 3.79. The van der Waals surface area contributed by atoms with Crippen LogP contribution < -0.4 is 4.74 Å². The van der Waals surface area contributed by atoms with Gasteiger partial charge in [-0.2, -0.15) is 0 Å². The normalized spacial score (nSPS) is 10.0. The number of methoxy groups -OCH3 is 1. The number of hydrogen-bond acceptors (Lipinski definition) is 4. The predicted molar refractivity (Wildman–Crippen MR) is 43.5 cm³/mol. The van der Waals surface area contributed by atoms with Crippen molar-refractivity contribution in [2.75, 3.05) is 7.11 Å². The largest absolute Gasteiger partial charge is 0.481 e. The summed E-state index contributed by atoms with van der Waals surface area (Å²) in [6, 6.07) is 0.389. The Balaban J connectivity index is 2.67. The third-order valence-corrected chi connectivity index (χ3v) is 1.67. The zero-order valence-corrected chi connectivity index (χ0v) is 7.52. The molecule has 0 spiro atoms. The second-order valence-electron chi connectivity index (χ2n) is 2.56. The predicted octanol–water partition coefficient (Wildman–Crippen LogP) is -0.159. The van der Waals surface area contributed by atoms with Gasteiger partial charge in [-0.25, -0.2) is 0 Å². The number of nitrogens with zero attached hydrogens (tertiary/aromatic N) is 3. The van der Waals surface area contributed by atoms with Crippen LogP contribution in [0.15, 0.2) is 0 Å². The molecule has 0 aliphatic rings. The Hall–Kier alpha value is -1.59. The maximum absolute atomic E-state index is 10.3. The molecule has 0 aromatic carbocycles. The van der Waals surface area contributed by atoms with Gasteiger partial charge in [0, 0.05) is 13.5 Å². The number of ether oxygens (including phenoxy) is 1. The molecule has 0 saturated heterocycles. The van der Waals surface area contributed by atoms with E-state index >= 15 is 0 Å². The summed E-state index contributed by atoms with van der Waals surface area (Å²) in [4.78, 5) is 10.3. The van der Waals surface area contributed by atoms with Crippen LogP contribution in [0.5, 0.6) is 6.01 Å². The molecular weight excluding hydrogens is 174 g/mol. The third-order valence-electron chi connectivity index (χ3n) is 1.67. The van der Waals surface area contributed by atoms with E-state index in [1.54, 1.807) is 11.6 Å². The second-order valence-corrected chi connectivity index (χ2v) is 2.56. The zero-order valence-electron chi connectivity index (χ0n) is 7.52. The molecule has 1 rings (SSSR count). The summed E-state index contributed by atoms with van der Waals surface area (Å²) in [7, 11) is 3.22. The summed E-state index contributed by atoms with van der Waals surface area (Å²) in [5.41, 5.74) is 0. The van der Waals surface area contributed by atoms with Gasteiger partial charge in [-0.05, 0) is 0 Å². The Labute approximate surface area is 75.2 Å². The van der Waals surface area contributed by atoms with Crippen LogP contribution in [0, 0.1) is 0 Å². The van der Waals surface area contributed by atoms with Crippen LogP contribution >= 0.6 is 0 Å². The van der Waals surface area contributed by atoms with E-state index in [9.17, 15) is 4.79 Å². The molecule has 6 nitrogen and oxygen atoms in total. The van der Waals surface area contributed by atoms with Crippen LogP contribution in [0.25, 0.3) is 0 Å². The fraction of sp³-hybridized carbons (Fsp3) is 0.571. The number of rotatable bonds is 4. The number of aliphatic carboxylic acids is 1. The number of carboxylic acid groups (broad SMARTS) is 1. The highest BCUT2D eigenvalue weighted by Gasteiger charge is 2.09. The maximum Gasteiger partial charge on any atom is 0.316 e. The molecule has 0 amide bonds. The fourth-order valence-corrected chi connectivity index (χ4v) is 0.959. The van der Waals surface area contributed by atoms with Crippen molar-refractivity contribution in [3.63, 3.8) is 0 Å². The van der Waals surface area contributed by atoms with Crippen LogP contribution in [-0.4, -0.2) is 33.0 Å². The lowest BCUT2D eigenvalue weighted by molar-refractivity contribution is -0.137. The molecule has 13 heavy (non-hydrogen) atoms. The van der Waals surface area contributed by atoms with E-state index in [1.807, 2.05) is 0 Å². The number of hydrogen-bond donors (Lipinski definition) is 1. The fourth-order valence-electron chi connectivity index (χ4n) is 0.959. The van der Waals surface area contributed by atoms with Crippen molar-refractivity contribution in [1.82, 2.24) is 14.8 Å². The Morgan fingerprint density at radius 1 is 1.62 bits per heavy atom. The molecular formula is C7H11N3O3. The van der Waals surface area contributed by atoms with Gasteiger partial charge in [-0.15, -0.1) is 5.10 Å². The molecule has 72 valence electrons. The Morgan fingerprint density at radius 2 is 2.31 bits per heavy atom. The van der Waals surface area contributed by atoms with Gasteiger partial charge in [-0.3, -0.25) is 9.36 Å². The molecule has 0 saturated carbocycles. The van der Waals surface area contributed by atoms with E-state index in [2.05, 4.69) is 10.2 Å². The summed E-state index contributed by atoms with van der Waals surface area (Å²) in [5, 5.41) is 15.9. The van der Waals surface area contributed by atoms with E-state index in [4.69, 9.17) is 9.84 Å². The molecule has 0 fully saturated rings. The number of carboxylic acids is 1. The molecule has 0 aliphatic carbocycles. The third kappa shape index (κ3) is 2.17. The molecule has 0 unspecified atom stereocenters. The summed E-state index contributed by atoms with van der Waals surface area (Å²) < 4.78 is 6.50. The van der Waals surface area contributed by atoms with E-state index in [0.29, 0.717) is 18.3 Å². The smallest absolute Gasteiger partial charge is 0.316 e. The van der Waals surface area contributed by atoms with Gasteiger partial charge in [-0.1, -0.05) is 5.10 Å². The van der Waals surface area contributed by atoms with Crippen molar-refractivity contribution in [3.05, 3.63) is 5.82 Å². The minimum absolute atomic E-state index is 0.0513. The van der Waals surface area contributed by atoms with Crippen molar-refractivity contribution in [1.29, 1.82) is 0 Å². The SMILES string of the molecule is COc1nnc(CCC(=O)O)n1C. The van der Waals surface area contributed by atoms with Crippen molar-refractivity contribution < 1.29 is 14.6 Å². The first-order valence-electron chi connectivity index (χ1n) is 3.79. The lowest BCUT2D eigenvalue weighted by Gasteiger charge is -1.99. The van der Waals surface area contributed by atoms with Crippen LogP contribution in [0.3, 0.4) is 0 Å². The van der Waals surface area contributed by atoms with Crippen LogP contribution in [0.1, 0.15) is 12.2 Å². The van der Waals surface area contributed by atoms with E-state index < -0.39 is 5.97 Å². The average molecular weight is 185 g/mol. The Kier molecular flexibility index (Phi) is 2.84. The van der Waals surface area contributed by atoms with Crippen molar-refractivity contribution >= 4 is 5.97 Å². The number of aryl methyl sites for hydroxylation is 1. The minimum Gasteiger partial charge on any atom is -0.481 e. The molecule has 0 atom stereocenters. The van der Waals surface area contributed by atoms with Crippen LogP contribution in [0.2, 0.25) is 0 Å².